The Balaban J connectivity index is 1.69. The van der Waals surface area contributed by atoms with Gasteiger partial charge >= 0.3 is 0 Å². The Labute approximate surface area is 171 Å². The molecule has 0 radical (unpaired) electrons. The highest BCUT2D eigenvalue weighted by atomic mass is 16.2. The number of carbonyl (C=O) groups excluding carboxylic acids is 2. The molecule has 0 unspecified atom stereocenters. The fourth-order valence-corrected chi connectivity index (χ4v) is 2.82. The molecule has 0 spiro atoms. The van der Waals surface area contributed by atoms with Crippen LogP contribution >= 0.6 is 0 Å². The standard InChI is InChI=1S/C20H19N7O3/c1-21-19(29)17-14(11-15(25-26-17)24-18(28)12-7-8-12)23-13-5-4-10-27(20(13)30)16-6-2-3-9-22-16/h2-6,9-12H,7-8H2,1H3,(H,21,29)(H2,23,24,25,28). The Kier molecular flexibility index (Phi) is 5.21. The molecule has 30 heavy (non-hydrogen) atoms. The minimum atomic E-state index is -0.481. The number of rotatable bonds is 6. The van der Waals surface area contributed by atoms with Crippen molar-refractivity contribution in [3.63, 3.8) is 0 Å². The first-order chi connectivity index (χ1) is 14.6. The predicted octanol–water partition coefficient (Wildman–Crippen LogP) is 1.47. The Morgan fingerprint density at radius 2 is 1.93 bits per heavy atom. The van der Waals surface area contributed by atoms with Crippen LogP contribution in [0.5, 0.6) is 0 Å². The molecule has 10 nitrogen and oxygen atoms in total. The minimum absolute atomic E-state index is 0.00504. The molecule has 3 aromatic heterocycles. The number of carbonyl (C=O) groups is 2. The molecule has 10 heteroatoms. The third kappa shape index (κ3) is 4.02. The van der Waals surface area contributed by atoms with Crippen molar-refractivity contribution in [2.24, 2.45) is 5.92 Å². The molecule has 1 aliphatic rings. The van der Waals surface area contributed by atoms with Crippen LogP contribution in [0.1, 0.15) is 23.3 Å². The second-order valence-corrected chi connectivity index (χ2v) is 6.74. The molecule has 3 heterocycles. The lowest BCUT2D eigenvalue weighted by Crippen LogP contribution is -2.24. The van der Waals surface area contributed by atoms with E-state index in [9.17, 15) is 14.4 Å². The second kappa shape index (κ2) is 8.11. The first-order valence-electron chi connectivity index (χ1n) is 9.37. The lowest BCUT2D eigenvalue weighted by atomic mass is 10.2. The van der Waals surface area contributed by atoms with Gasteiger partial charge in [-0.15, -0.1) is 10.2 Å². The van der Waals surface area contributed by atoms with E-state index in [1.807, 2.05) is 0 Å². The van der Waals surface area contributed by atoms with Crippen LogP contribution in [0.2, 0.25) is 0 Å². The molecular formula is C20H19N7O3. The van der Waals surface area contributed by atoms with Crippen molar-refractivity contribution < 1.29 is 9.59 Å². The van der Waals surface area contributed by atoms with Gasteiger partial charge in [0.2, 0.25) is 5.91 Å². The van der Waals surface area contributed by atoms with Crippen LogP contribution in [-0.4, -0.2) is 38.6 Å². The Morgan fingerprint density at radius 3 is 2.63 bits per heavy atom. The molecule has 0 saturated heterocycles. The van der Waals surface area contributed by atoms with E-state index in [4.69, 9.17) is 0 Å². The third-order valence-corrected chi connectivity index (χ3v) is 4.55. The van der Waals surface area contributed by atoms with Gasteiger partial charge in [0.1, 0.15) is 11.5 Å². The number of nitrogens with one attached hydrogen (secondary N) is 3. The Hall–Kier alpha value is -4.08. The molecule has 4 rings (SSSR count). The summed E-state index contributed by atoms with van der Waals surface area (Å²) in [5.74, 6) is 0.0266. The van der Waals surface area contributed by atoms with Crippen LogP contribution in [0.15, 0.2) is 53.6 Å². The maximum atomic E-state index is 12.9. The number of pyridine rings is 2. The fourth-order valence-electron chi connectivity index (χ4n) is 2.82. The predicted molar refractivity (Wildman–Crippen MR) is 110 cm³/mol. The van der Waals surface area contributed by atoms with Crippen molar-refractivity contribution in [1.29, 1.82) is 0 Å². The van der Waals surface area contributed by atoms with E-state index in [2.05, 4.69) is 31.1 Å². The largest absolute Gasteiger partial charge is 0.354 e. The highest BCUT2D eigenvalue weighted by molar-refractivity contribution is 5.99. The van der Waals surface area contributed by atoms with Crippen LogP contribution in [0.25, 0.3) is 5.82 Å². The lowest BCUT2D eigenvalue weighted by molar-refractivity contribution is -0.117. The van der Waals surface area contributed by atoms with Crippen LogP contribution in [0, 0.1) is 5.92 Å². The van der Waals surface area contributed by atoms with Crippen LogP contribution in [-0.2, 0) is 4.79 Å². The normalized spacial score (nSPS) is 12.8. The van der Waals surface area contributed by atoms with Gasteiger partial charge in [0.15, 0.2) is 11.5 Å². The summed E-state index contributed by atoms with van der Waals surface area (Å²) in [4.78, 5) is 41.4. The fraction of sp³-hybridized carbons (Fsp3) is 0.200. The highest BCUT2D eigenvalue weighted by Crippen LogP contribution is 2.30. The summed E-state index contributed by atoms with van der Waals surface area (Å²) in [6.07, 6.45) is 4.88. The Bertz CT molecular complexity index is 1160. The van der Waals surface area contributed by atoms with Crippen LogP contribution in [0.3, 0.4) is 0 Å². The van der Waals surface area contributed by atoms with E-state index in [0.29, 0.717) is 5.82 Å². The van der Waals surface area contributed by atoms with E-state index in [1.54, 1.807) is 42.7 Å². The third-order valence-electron chi connectivity index (χ3n) is 4.55. The average molecular weight is 405 g/mol. The molecular weight excluding hydrogens is 386 g/mol. The summed E-state index contributed by atoms with van der Waals surface area (Å²) >= 11 is 0. The van der Waals surface area contributed by atoms with E-state index in [0.717, 1.165) is 12.8 Å². The van der Waals surface area contributed by atoms with E-state index in [1.165, 1.54) is 17.7 Å². The van der Waals surface area contributed by atoms with Crippen molar-refractivity contribution in [3.8, 4) is 5.82 Å². The number of anilines is 3. The first-order valence-corrected chi connectivity index (χ1v) is 9.37. The maximum Gasteiger partial charge on any atom is 0.279 e. The number of amides is 2. The lowest BCUT2D eigenvalue weighted by Gasteiger charge is -2.13. The molecule has 1 aliphatic carbocycles. The minimum Gasteiger partial charge on any atom is -0.354 e. The van der Waals surface area contributed by atoms with E-state index >= 15 is 0 Å². The maximum absolute atomic E-state index is 12.9. The van der Waals surface area contributed by atoms with Crippen molar-refractivity contribution in [2.45, 2.75) is 12.8 Å². The monoisotopic (exact) mass is 405 g/mol. The zero-order valence-electron chi connectivity index (χ0n) is 16.1. The summed E-state index contributed by atoms with van der Waals surface area (Å²) in [7, 11) is 1.47. The molecule has 3 N–H and O–H groups in total. The van der Waals surface area contributed by atoms with Gasteiger partial charge in [-0.25, -0.2) is 4.98 Å². The van der Waals surface area contributed by atoms with Gasteiger partial charge in [0.25, 0.3) is 11.5 Å². The molecule has 1 saturated carbocycles. The SMILES string of the molecule is CNC(=O)c1nnc(NC(=O)C2CC2)cc1Nc1cccn(-c2ccccn2)c1=O. The summed E-state index contributed by atoms with van der Waals surface area (Å²) in [6, 6.07) is 9.99. The summed E-state index contributed by atoms with van der Waals surface area (Å²) in [5.41, 5.74) is 0.0843. The molecule has 0 aliphatic heterocycles. The van der Waals surface area contributed by atoms with Gasteiger partial charge in [-0.2, -0.15) is 0 Å². The van der Waals surface area contributed by atoms with Gasteiger partial charge in [-0.05, 0) is 37.1 Å². The van der Waals surface area contributed by atoms with Crippen molar-refractivity contribution in [3.05, 3.63) is 64.8 Å². The van der Waals surface area contributed by atoms with E-state index < -0.39 is 5.91 Å². The van der Waals surface area contributed by atoms with Crippen molar-refractivity contribution in [1.82, 2.24) is 25.1 Å². The van der Waals surface area contributed by atoms with Crippen LogP contribution in [0.4, 0.5) is 17.2 Å². The Morgan fingerprint density at radius 1 is 1.10 bits per heavy atom. The van der Waals surface area contributed by atoms with Gasteiger partial charge in [-0.1, -0.05) is 6.07 Å². The first kappa shape index (κ1) is 19.2. The zero-order valence-corrected chi connectivity index (χ0v) is 16.1. The second-order valence-electron chi connectivity index (χ2n) is 6.74. The van der Waals surface area contributed by atoms with Gasteiger partial charge < -0.3 is 16.0 Å². The molecule has 152 valence electrons. The van der Waals surface area contributed by atoms with Gasteiger partial charge in [-0.3, -0.25) is 19.0 Å². The average Bonchev–Trinajstić information content (AvgIpc) is 3.61. The molecule has 3 aromatic rings. The van der Waals surface area contributed by atoms with Crippen LogP contribution < -0.4 is 21.5 Å². The molecule has 2 amide bonds. The topological polar surface area (TPSA) is 131 Å². The summed E-state index contributed by atoms with van der Waals surface area (Å²) in [6.45, 7) is 0. The van der Waals surface area contributed by atoms with Crippen molar-refractivity contribution in [2.75, 3.05) is 17.7 Å². The van der Waals surface area contributed by atoms with E-state index in [-0.39, 0.29) is 40.3 Å². The van der Waals surface area contributed by atoms with Crippen molar-refractivity contribution >= 4 is 29.0 Å². The van der Waals surface area contributed by atoms with Gasteiger partial charge in [0, 0.05) is 31.4 Å². The highest BCUT2D eigenvalue weighted by Gasteiger charge is 2.30. The number of hydrogen-bond donors (Lipinski definition) is 3. The number of hydrogen-bond acceptors (Lipinski definition) is 7. The smallest absolute Gasteiger partial charge is 0.279 e. The number of aromatic nitrogens is 4. The summed E-state index contributed by atoms with van der Waals surface area (Å²) < 4.78 is 1.38. The molecule has 0 atom stereocenters. The molecule has 0 bridgehead atoms. The summed E-state index contributed by atoms with van der Waals surface area (Å²) in [5, 5.41) is 16.0. The van der Waals surface area contributed by atoms with Gasteiger partial charge in [0.05, 0.1) is 5.69 Å². The quantitative estimate of drug-likeness (QED) is 0.566. The molecule has 1 fully saturated rings. The molecule has 0 aromatic carbocycles. The number of nitrogens with zero attached hydrogens (tertiary/aromatic N) is 4. The zero-order chi connectivity index (χ0) is 21.1.